The van der Waals surface area contributed by atoms with Gasteiger partial charge in [-0.05, 0) is 44.0 Å². The number of aromatic amines is 1. The molecule has 0 radical (unpaired) electrons. The molecule has 0 aliphatic rings. The van der Waals surface area contributed by atoms with Crippen LogP contribution in [0.2, 0.25) is 0 Å². The second-order valence-electron chi connectivity index (χ2n) is 7.76. The van der Waals surface area contributed by atoms with Crippen LogP contribution < -0.4 is 14.9 Å². The minimum absolute atomic E-state index is 0.0936. The molecule has 4 rings (SSSR count). The topological polar surface area (TPSA) is 74.5 Å². The predicted octanol–water partition coefficient (Wildman–Crippen LogP) is 2.46. The minimum atomic E-state index is -0.0936. The molecule has 0 spiro atoms. The number of H-pyrrole nitrogens is 1. The van der Waals surface area contributed by atoms with E-state index in [2.05, 4.69) is 18.8 Å². The zero-order chi connectivity index (χ0) is 21.4. The molecule has 3 N–H and O–H groups in total. The Morgan fingerprint density at radius 2 is 1.90 bits per heavy atom. The highest BCUT2D eigenvalue weighted by Gasteiger charge is 2.25. The molecular formula is C24H29N3O3+2. The van der Waals surface area contributed by atoms with Crippen LogP contribution in [0.25, 0.3) is 33.4 Å². The molecule has 2 heterocycles. The summed E-state index contributed by atoms with van der Waals surface area (Å²) in [6.45, 7) is 8.70. The SMILES string of the molecule is CCc1cc2c(=O)c(-c3[nH]c4ccccc4[n+]3C)coc2c(C[NH+](CC)CC)c1O. The normalized spacial score (nSPS) is 11.8. The summed E-state index contributed by atoms with van der Waals surface area (Å²) in [6, 6.07) is 9.71. The van der Waals surface area contributed by atoms with Crippen LogP contribution in [0.4, 0.5) is 0 Å². The molecule has 0 fully saturated rings. The number of aromatic hydroxyl groups is 1. The number of nitrogens with one attached hydrogen (secondary N) is 2. The van der Waals surface area contributed by atoms with E-state index in [0.717, 1.165) is 29.7 Å². The first-order valence-electron chi connectivity index (χ1n) is 10.6. The third-order valence-electron chi connectivity index (χ3n) is 6.13. The summed E-state index contributed by atoms with van der Waals surface area (Å²) in [7, 11) is 1.93. The standard InChI is InChI=1S/C24H27N3O3/c1-5-15-12-16-22(29)18(24-25-19-10-8-9-11-20(19)26(24)4)14-30-23(16)17(21(15)28)13-27(6-2)7-3/h8-12,14H,5-7,13H2,1-4H3,(H,28,29)/p+2. The van der Waals surface area contributed by atoms with Gasteiger partial charge in [0.2, 0.25) is 5.43 Å². The van der Waals surface area contributed by atoms with E-state index in [4.69, 9.17) is 4.42 Å². The van der Waals surface area contributed by atoms with Gasteiger partial charge >= 0.3 is 0 Å². The molecule has 0 bridgehead atoms. The first kappa shape index (κ1) is 20.2. The Bertz CT molecular complexity index is 1280. The summed E-state index contributed by atoms with van der Waals surface area (Å²) in [5, 5.41) is 11.4. The summed E-state index contributed by atoms with van der Waals surface area (Å²) in [4.78, 5) is 18.2. The van der Waals surface area contributed by atoms with Crippen molar-refractivity contribution in [2.75, 3.05) is 13.1 Å². The molecule has 0 atom stereocenters. The van der Waals surface area contributed by atoms with Gasteiger partial charge in [-0.2, -0.15) is 0 Å². The number of rotatable bonds is 6. The number of benzene rings is 2. The van der Waals surface area contributed by atoms with E-state index in [1.54, 1.807) is 6.07 Å². The van der Waals surface area contributed by atoms with E-state index in [9.17, 15) is 9.90 Å². The summed E-state index contributed by atoms with van der Waals surface area (Å²) in [5.74, 6) is 0.949. The van der Waals surface area contributed by atoms with E-state index in [0.29, 0.717) is 40.9 Å². The molecule has 0 aliphatic carbocycles. The fraction of sp³-hybridized carbons (Fsp3) is 0.333. The fourth-order valence-corrected chi connectivity index (χ4v) is 4.19. The van der Waals surface area contributed by atoms with Crippen LogP contribution in [0.1, 0.15) is 31.9 Å². The van der Waals surface area contributed by atoms with Gasteiger partial charge in [-0.3, -0.25) is 4.79 Å². The molecule has 0 amide bonds. The van der Waals surface area contributed by atoms with Crippen LogP contribution in [0.5, 0.6) is 5.75 Å². The zero-order valence-corrected chi connectivity index (χ0v) is 18.0. The average Bonchev–Trinajstić information content (AvgIpc) is 3.10. The molecule has 0 saturated carbocycles. The van der Waals surface area contributed by atoms with Gasteiger partial charge in [-0.15, -0.1) is 0 Å². The number of hydrogen-bond donors (Lipinski definition) is 3. The third-order valence-corrected chi connectivity index (χ3v) is 6.13. The smallest absolute Gasteiger partial charge is 0.294 e. The minimum Gasteiger partial charge on any atom is -0.507 e. The maximum absolute atomic E-state index is 13.5. The molecule has 156 valence electrons. The van der Waals surface area contributed by atoms with E-state index < -0.39 is 0 Å². The molecule has 0 aliphatic heterocycles. The van der Waals surface area contributed by atoms with E-state index in [1.165, 1.54) is 11.2 Å². The number of hydrogen-bond acceptors (Lipinski definition) is 3. The van der Waals surface area contributed by atoms with Gasteiger partial charge in [0, 0.05) is 0 Å². The van der Waals surface area contributed by atoms with Gasteiger partial charge in [0.05, 0.1) is 31.1 Å². The highest BCUT2D eigenvalue weighted by molar-refractivity contribution is 5.86. The molecule has 2 aromatic heterocycles. The van der Waals surface area contributed by atoms with Crippen molar-refractivity contribution in [1.29, 1.82) is 0 Å². The highest BCUT2D eigenvalue weighted by Crippen LogP contribution is 2.31. The predicted molar refractivity (Wildman–Crippen MR) is 118 cm³/mol. The van der Waals surface area contributed by atoms with Crippen molar-refractivity contribution in [2.24, 2.45) is 7.05 Å². The van der Waals surface area contributed by atoms with Crippen LogP contribution in [0.15, 0.2) is 45.8 Å². The Hall–Kier alpha value is -3.12. The Balaban J connectivity index is 1.97. The summed E-state index contributed by atoms with van der Waals surface area (Å²) >= 11 is 0. The summed E-state index contributed by atoms with van der Waals surface area (Å²) in [5.41, 5.74) is 4.33. The van der Waals surface area contributed by atoms with Crippen molar-refractivity contribution in [3.8, 4) is 17.1 Å². The van der Waals surface area contributed by atoms with Gasteiger partial charge < -0.3 is 14.4 Å². The largest absolute Gasteiger partial charge is 0.507 e. The number of phenols is 1. The molecule has 6 nitrogen and oxygen atoms in total. The van der Waals surface area contributed by atoms with E-state index in [1.807, 2.05) is 42.8 Å². The molecule has 30 heavy (non-hydrogen) atoms. The maximum Gasteiger partial charge on any atom is 0.294 e. The monoisotopic (exact) mass is 407 g/mol. The lowest BCUT2D eigenvalue weighted by Crippen LogP contribution is -3.10. The van der Waals surface area contributed by atoms with Gasteiger partial charge in [0.15, 0.2) is 11.0 Å². The van der Waals surface area contributed by atoms with Crippen molar-refractivity contribution in [2.45, 2.75) is 33.7 Å². The second-order valence-corrected chi connectivity index (χ2v) is 7.76. The average molecular weight is 408 g/mol. The lowest BCUT2D eigenvalue weighted by Gasteiger charge is -2.18. The molecule has 6 heteroatoms. The van der Waals surface area contributed by atoms with Crippen LogP contribution in [0, 0.1) is 0 Å². The molecule has 0 saturated heterocycles. The number of imidazole rings is 1. The number of aryl methyl sites for hydroxylation is 2. The Labute approximate surface area is 175 Å². The van der Waals surface area contributed by atoms with E-state index in [-0.39, 0.29) is 11.2 Å². The molecular weight excluding hydrogens is 378 g/mol. The van der Waals surface area contributed by atoms with Gasteiger partial charge in [-0.25, -0.2) is 9.55 Å². The van der Waals surface area contributed by atoms with Crippen LogP contribution in [-0.4, -0.2) is 23.2 Å². The highest BCUT2D eigenvalue weighted by atomic mass is 16.3. The van der Waals surface area contributed by atoms with Crippen molar-refractivity contribution < 1.29 is 19.0 Å². The first-order valence-corrected chi connectivity index (χ1v) is 10.6. The molecule has 2 aromatic carbocycles. The third kappa shape index (κ3) is 3.17. The fourth-order valence-electron chi connectivity index (χ4n) is 4.19. The van der Waals surface area contributed by atoms with Crippen LogP contribution in [0.3, 0.4) is 0 Å². The maximum atomic E-state index is 13.5. The lowest BCUT2D eigenvalue weighted by molar-refractivity contribution is -0.910. The Morgan fingerprint density at radius 3 is 2.57 bits per heavy atom. The van der Waals surface area contributed by atoms with Crippen LogP contribution >= 0.6 is 0 Å². The van der Waals surface area contributed by atoms with Gasteiger partial charge in [0.1, 0.15) is 29.7 Å². The number of nitrogens with zero attached hydrogens (tertiary/aromatic N) is 1. The van der Waals surface area contributed by atoms with Crippen LogP contribution in [-0.2, 0) is 20.0 Å². The van der Waals surface area contributed by atoms with Gasteiger partial charge in [-0.1, -0.05) is 19.1 Å². The molecule has 0 unspecified atom stereocenters. The van der Waals surface area contributed by atoms with Crippen molar-refractivity contribution >= 4 is 22.0 Å². The Morgan fingerprint density at radius 1 is 1.17 bits per heavy atom. The lowest BCUT2D eigenvalue weighted by atomic mass is 10.0. The van der Waals surface area contributed by atoms with Crippen molar-refractivity contribution in [3.63, 3.8) is 0 Å². The number of quaternary nitrogens is 1. The summed E-state index contributed by atoms with van der Waals surface area (Å²) < 4.78 is 7.99. The number of fused-ring (bicyclic) bond motifs is 2. The van der Waals surface area contributed by atoms with E-state index >= 15 is 0 Å². The quantitative estimate of drug-likeness (QED) is 0.430. The Kier molecular flexibility index (Phi) is 5.35. The van der Waals surface area contributed by atoms with Crippen molar-refractivity contribution in [1.82, 2.24) is 4.98 Å². The van der Waals surface area contributed by atoms with Crippen molar-refractivity contribution in [3.05, 3.63) is 57.9 Å². The molecule has 4 aromatic rings. The number of phenolic OH excluding ortho intramolecular Hbond substituents is 1. The summed E-state index contributed by atoms with van der Waals surface area (Å²) in [6.07, 6.45) is 2.16. The number of para-hydroxylation sites is 2. The second kappa shape index (κ2) is 7.95. The zero-order valence-electron chi connectivity index (χ0n) is 18.0. The van der Waals surface area contributed by atoms with Gasteiger partial charge in [0.25, 0.3) is 5.82 Å². The number of aromatic nitrogens is 2. The first-order chi connectivity index (χ1) is 14.5.